The number of hydrogen-bond acceptors (Lipinski definition) is 6. The number of hydrogen-bond donors (Lipinski definition) is 1. The number of furan rings is 1. The average Bonchev–Trinajstić information content (AvgIpc) is 3.52. The van der Waals surface area contributed by atoms with E-state index in [2.05, 4.69) is 10.4 Å². The van der Waals surface area contributed by atoms with Crippen LogP contribution >= 0.6 is 0 Å². The fourth-order valence-electron chi connectivity index (χ4n) is 4.19. The van der Waals surface area contributed by atoms with Gasteiger partial charge in [0.15, 0.2) is 0 Å². The Morgan fingerprint density at radius 2 is 1.86 bits per heavy atom. The van der Waals surface area contributed by atoms with Gasteiger partial charge in [0, 0.05) is 19.0 Å². The van der Waals surface area contributed by atoms with Crippen LogP contribution in [0.2, 0.25) is 0 Å². The lowest BCUT2D eigenvalue weighted by atomic mass is 9.91. The van der Waals surface area contributed by atoms with E-state index in [0.29, 0.717) is 37.3 Å². The number of likely N-dealkylation sites (tertiary alicyclic amines) is 1. The van der Waals surface area contributed by atoms with Gasteiger partial charge in [0.2, 0.25) is 0 Å². The maximum atomic E-state index is 13.2. The molecule has 0 atom stereocenters. The molecule has 1 N–H and O–H groups in total. The highest BCUT2D eigenvalue weighted by Gasteiger charge is 2.32. The number of nitrogens with one attached hydrogen (secondary N) is 1. The van der Waals surface area contributed by atoms with Crippen LogP contribution in [0.5, 0.6) is 5.75 Å². The second-order valence-corrected chi connectivity index (χ2v) is 9.56. The number of aromatic nitrogens is 2. The smallest absolute Gasteiger partial charge is 0.410 e. The third kappa shape index (κ3) is 5.85. The fourth-order valence-corrected chi connectivity index (χ4v) is 4.19. The predicted molar refractivity (Wildman–Crippen MR) is 130 cm³/mol. The van der Waals surface area contributed by atoms with Gasteiger partial charge in [-0.15, -0.1) is 0 Å². The Bertz CT molecular complexity index is 1140. The van der Waals surface area contributed by atoms with Crippen molar-refractivity contribution in [2.75, 3.05) is 20.2 Å². The Labute approximate surface area is 205 Å². The first kappa shape index (κ1) is 24.4. The topological polar surface area (TPSA) is 98.8 Å². The Hall–Kier alpha value is -3.75. The maximum absolute atomic E-state index is 13.2. The number of piperidine rings is 1. The lowest BCUT2D eigenvalue weighted by molar-refractivity contribution is 0.0203. The van der Waals surface area contributed by atoms with Crippen molar-refractivity contribution in [3.8, 4) is 11.4 Å². The minimum absolute atomic E-state index is 0.0441. The van der Waals surface area contributed by atoms with Crippen LogP contribution in [0.15, 0.2) is 53.3 Å². The quantitative estimate of drug-likeness (QED) is 0.557. The summed E-state index contributed by atoms with van der Waals surface area (Å²) in [4.78, 5) is 27.4. The largest absolute Gasteiger partial charge is 0.497 e. The molecule has 4 rings (SSSR count). The van der Waals surface area contributed by atoms with E-state index < -0.39 is 5.60 Å². The molecular weight excluding hydrogens is 448 g/mol. The summed E-state index contributed by atoms with van der Waals surface area (Å²) in [6.45, 7) is 6.95. The molecule has 9 heteroatoms. The van der Waals surface area contributed by atoms with Crippen molar-refractivity contribution in [2.45, 2.75) is 51.7 Å². The van der Waals surface area contributed by atoms with Gasteiger partial charge in [-0.25, -0.2) is 9.48 Å². The Kier molecular flexibility index (Phi) is 7.14. The molecule has 1 aliphatic rings. The lowest BCUT2D eigenvalue weighted by Crippen LogP contribution is -2.41. The molecule has 0 radical (unpaired) electrons. The molecular formula is C26H32N4O5. The lowest BCUT2D eigenvalue weighted by Gasteiger charge is -2.34. The van der Waals surface area contributed by atoms with Gasteiger partial charge in [-0.2, -0.15) is 5.10 Å². The third-order valence-electron chi connectivity index (χ3n) is 5.90. The van der Waals surface area contributed by atoms with Crippen LogP contribution in [0.25, 0.3) is 5.69 Å². The van der Waals surface area contributed by atoms with Crippen molar-refractivity contribution in [3.05, 3.63) is 65.9 Å². The second-order valence-electron chi connectivity index (χ2n) is 9.56. The molecule has 9 nitrogen and oxygen atoms in total. The SMILES string of the molecule is COc1ccc(-n2ncc(C(=O)NCc3ccco3)c2C2CCN(C(=O)OC(C)(C)C)CC2)cc1. The zero-order valence-corrected chi connectivity index (χ0v) is 20.6. The second kappa shape index (κ2) is 10.2. The van der Waals surface area contributed by atoms with Crippen LogP contribution in [0.1, 0.15) is 61.3 Å². The van der Waals surface area contributed by atoms with Crippen LogP contribution in [-0.4, -0.2) is 52.5 Å². The molecule has 35 heavy (non-hydrogen) atoms. The molecule has 2 amide bonds. The molecule has 0 spiro atoms. The van der Waals surface area contributed by atoms with E-state index in [-0.39, 0.29) is 24.5 Å². The zero-order valence-electron chi connectivity index (χ0n) is 20.6. The molecule has 1 saturated heterocycles. The maximum Gasteiger partial charge on any atom is 0.410 e. The van der Waals surface area contributed by atoms with Gasteiger partial charge in [-0.3, -0.25) is 4.79 Å². The van der Waals surface area contributed by atoms with E-state index in [9.17, 15) is 9.59 Å². The van der Waals surface area contributed by atoms with Crippen molar-refractivity contribution in [1.29, 1.82) is 0 Å². The van der Waals surface area contributed by atoms with Crippen molar-refractivity contribution >= 4 is 12.0 Å². The molecule has 3 heterocycles. The molecule has 1 aliphatic heterocycles. The average molecular weight is 481 g/mol. The van der Waals surface area contributed by atoms with Gasteiger partial charge in [-0.05, 0) is 70.0 Å². The first-order valence-electron chi connectivity index (χ1n) is 11.8. The third-order valence-corrected chi connectivity index (χ3v) is 5.90. The highest BCUT2D eigenvalue weighted by Crippen LogP contribution is 2.33. The molecule has 1 aromatic carbocycles. The molecule has 2 aromatic heterocycles. The van der Waals surface area contributed by atoms with Crippen molar-refractivity contribution in [1.82, 2.24) is 20.0 Å². The summed E-state index contributed by atoms with van der Waals surface area (Å²) in [7, 11) is 1.62. The summed E-state index contributed by atoms with van der Waals surface area (Å²) >= 11 is 0. The van der Waals surface area contributed by atoms with Crippen LogP contribution < -0.4 is 10.1 Å². The normalized spacial score (nSPS) is 14.6. The van der Waals surface area contributed by atoms with Crippen LogP contribution in [-0.2, 0) is 11.3 Å². The van der Waals surface area contributed by atoms with Crippen LogP contribution in [0, 0.1) is 0 Å². The summed E-state index contributed by atoms with van der Waals surface area (Å²) in [6.07, 6.45) is 4.26. The first-order valence-corrected chi connectivity index (χ1v) is 11.8. The first-order chi connectivity index (χ1) is 16.7. The summed E-state index contributed by atoms with van der Waals surface area (Å²) < 4.78 is 18.0. The Morgan fingerprint density at radius 3 is 2.46 bits per heavy atom. The monoisotopic (exact) mass is 480 g/mol. The molecule has 0 aliphatic carbocycles. The summed E-state index contributed by atoms with van der Waals surface area (Å²) in [5.74, 6) is 1.24. The van der Waals surface area contributed by atoms with E-state index in [1.165, 1.54) is 0 Å². The number of carbonyl (C=O) groups is 2. The minimum atomic E-state index is -0.542. The highest BCUT2D eigenvalue weighted by atomic mass is 16.6. The van der Waals surface area contributed by atoms with Gasteiger partial charge in [0.05, 0.1) is 43.1 Å². The number of amides is 2. The van der Waals surface area contributed by atoms with Gasteiger partial charge < -0.3 is 24.1 Å². The van der Waals surface area contributed by atoms with Gasteiger partial charge >= 0.3 is 6.09 Å². The molecule has 1 fully saturated rings. The fraction of sp³-hybridized carbons (Fsp3) is 0.423. The number of benzene rings is 1. The van der Waals surface area contributed by atoms with Crippen LogP contribution in [0.3, 0.4) is 0 Å². The van der Waals surface area contributed by atoms with E-state index in [1.54, 1.807) is 30.5 Å². The van der Waals surface area contributed by atoms with Gasteiger partial charge in [0.25, 0.3) is 5.91 Å². The van der Waals surface area contributed by atoms with Gasteiger partial charge in [0.1, 0.15) is 17.1 Å². The number of ether oxygens (including phenoxy) is 2. The molecule has 0 bridgehead atoms. The molecule has 3 aromatic rings. The summed E-state index contributed by atoms with van der Waals surface area (Å²) in [5, 5.41) is 7.50. The minimum Gasteiger partial charge on any atom is -0.497 e. The van der Waals surface area contributed by atoms with E-state index in [1.807, 2.05) is 55.8 Å². The number of rotatable bonds is 6. The molecule has 0 saturated carbocycles. The van der Waals surface area contributed by atoms with Crippen molar-refractivity contribution < 1.29 is 23.5 Å². The number of carbonyl (C=O) groups excluding carboxylic acids is 2. The highest BCUT2D eigenvalue weighted by molar-refractivity contribution is 5.95. The Morgan fingerprint density at radius 1 is 1.14 bits per heavy atom. The van der Waals surface area contributed by atoms with E-state index >= 15 is 0 Å². The summed E-state index contributed by atoms with van der Waals surface area (Å²) in [5.41, 5.74) is 1.64. The van der Waals surface area contributed by atoms with E-state index in [0.717, 1.165) is 17.1 Å². The molecule has 186 valence electrons. The number of nitrogens with zero attached hydrogens (tertiary/aromatic N) is 3. The standard InChI is InChI=1S/C26H32N4O5/c1-26(2,3)35-25(32)29-13-11-18(12-14-29)23-22(24(31)27-16-21-6-5-15-34-21)17-28-30(23)19-7-9-20(33-4)10-8-19/h5-10,15,17-18H,11-14,16H2,1-4H3,(H,27,31). The number of methoxy groups -OCH3 is 1. The van der Waals surface area contributed by atoms with Crippen molar-refractivity contribution in [2.24, 2.45) is 0 Å². The van der Waals surface area contributed by atoms with E-state index in [4.69, 9.17) is 13.9 Å². The predicted octanol–water partition coefficient (Wildman–Crippen LogP) is 4.52. The van der Waals surface area contributed by atoms with Crippen molar-refractivity contribution in [3.63, 3.8) is 0 Å². The summed E-state index contributed by atoms with van der Waals surface area (Å²) in [6, 6.07) is 11.2. The Balaban J connectivity index is 1.57. The van der Waals surface area contributed by atoms with Gasteiger partial charge in [-0.1, -0.05) is 0 Å². The van der Waals surface area contributed by atoms with Crippen LogP contribution in [0.4, 0.5) is 4.79 Å². The molecule has 0 unspecified atom stereocenters. The zero-order chi connectivity index (χ0) is 25.0.